The third-order valence-corrected chi connectivity index (χ3v) is 3.64. The van der Waals surface area contributed by atoms with Crippen LogP contribution in [0.1, 0.15) is 44.2 Å². The van der Waals surface area contributed by atoms with Crippen LogP contribution >= 0.6 is 0 Å². The average molecular weight is 217 g/mol. The van der Waals surface area contributed by atoms with Crippen molar-refractivity contribution in [3.05, 3.63) is 29.3 Å². The molecule has 0 bridgehead atoms. The largest absolute Gasteiger partial charge is 0.371 e. The van der Waals surface area contributed by atoms with E-state index in [1.165, 1.54) is 43.5 Å². The third kappa shape index (κ3) is 2.23. The summed E-state index contributed by atoms with van der Waals surface area (Å²) in [5, 5.41) is 0. The van der Waals surface area contributed by atoms with Gasteiger partial charge in [-0.3, -0.25) is 0 Å². The van der Waals surface area contributed by atoms with Crippen LogP contribution in [0.2, 0.25) is 0 Å². The summed E-state index contributed by atoms with van der Waals surface area (Å²) in [6.45, 7) is 7.04. The molecule has 0 radical (unpaired) electrons. The van der Waals surface area contributed by atoms with Gasteiger partial charge < -0.3 is 4.90 Å². The van der Waals surface area contributed by atoms with Crippen molar-refractivity contribution in [1.29, 1.82) is 0 Å². The number of piperidine rings is 1. The zero-order valence-electron chi connectivity index (χ0n) is 10.6. The standard InChI is InChI=1S/C15H23N/c1-3-13-9-8-10-14(4-2)15(13)16-11-6-5-7-12-16/h8-10H,3-7,11-12H2,1-2H3. The highest BCUT2D eigenvalue weighted by molar-refractivity contribution is 5.60. The van der Waals surface area contributed by atoms with Crippen molar-refractivity contribution in [3.63, 3.8) is 0 Å². The minimum Gasteiger partial charge on any atom is -0.371 e. The van der Waals surface area contributed by atoms with E-state index in [1.54, 1.807) is 5.69 Å². The monoisotopic (exact) mass is 217 g/mol. The number of aryl methyl sites for hydroxylation is 2. The van der Waals surface area contributed by atoms with E-state index in [2.05, 4.69) is 36.9 Å². The molecule has 88 valence electrons. The predicted octanol–water partition coefficient (Wildman–Crippen LogP) is 3.80. The average Bonchev–Trinajstić information content (AvgIpc) is 2.38. The summed E-state index contributed by atoms with van der Waals surface area (Å²) in [5.74, 6) is 0. The molecule has 1 saturated heterocycles. The molecule has 0 spiro atoms. The summed E-state index contributed by atoms with van der Waals surface area (Å²) < 4.78 is 0. The molecule has 1 aromatic carbocycles. The first-order chi connectivity index (χ1) is 7.86. The zero-order valence-corrected chi connectivity index (χ0v) is 10.6. The van der Waals surface area contributed by atoms with E-state index >= 15 is 0 Å². The topological polar surface area (TPSA) is 3.24 Å². The Morgan fingerprint density at radius 3 is 2.00 bits per heavy atom. The van der Waals surface area contributed by atoms with Gasteiger partial charge in [0.1, 0.15) is 0 Å². The van der Waals surface area contributed by atoms with Gasteiger partial charge in [-0.25, -0.2) is 0 Å². The summed E-state index contributed by atoms with van der Waals surface area (Å²) in [4.78, 5) is 2.61. The van der Waals surface area contributed by atoms with E-state index in [1.807, 2.05) is 0 Å². The van der Waals surface area contributed by atoms with Crippen LogP contribution < -0.4 is 4.90 Å². The SMILES string of the molecule is CCc1cccc(CC)c1N1CCCCC1. The van der Waals surface area contributed by atoms with Crippen molar-refractivity contribution in [2.24, 2.45) is 0 Å². The zero-order chi connectivity index (χ0) is 11.4. The number of hydrogen-bond donors (Lipinski definition) is 0. The van der Waals surface area contributed by atoms with E-state index in [4.69, 9.17) is 0 Å². The molecular formula is C15H23N. The first-order valence-corrected chi connectivity index (χ1v) is 6.72. The molecule has 2 rings (SSSR count). The Morgan fingerprint density at radius 2 is 1.50 bits per heavy atom. The number of benzene rings is 1. The fourth-order valence-corrected chi connectivity index (χ4v) is 2.74. The molecule has 1 aliphatic heterocycles. The minimum absolute atomic E-state index is 1.15. The summed E-state index contributed by atoms with van der Waals surface area (Å²) in [6, 6.07) is 6.80. The lowest BCUT2D eigenvalue weighted by atomic mass is 10.00. The van der Waals surface area contributed by atoms with Crippen molar-refractivity contribution in [1.82, 2.24) is 0 Å². The van der Waals surface area contributed by atoms with E-state index < -0.39 is 0 Å². The number of para-hydroxylation sites is 1. The van der Waals surface area contributed by atoms with E-state index in [-0.39, 0.29) is 0 Å². The van der Waals surface area contributed by atoms with Crippen LogP contribution in [0.4, 0.5) is 5.69 Å². The van der Waals surface area contributed by atoms with E-state index in [9.17, 15) is 0 Å². The Balaban J connectivity index is 2.34. The Morgan fingerprint density at radius 1 is 0.938 bits per heavy atom. The normalized spacial score (nSPS) is 16.5. The van der Waals surface area contributed by atoms with Crippen molar-refractivity contribution < 1.29 is 0 Å². The number of hydrogen-bond acceptors (Lipinski definition) is 1. The quantitative estimate of drug-likeness (QED) is 0.744. The molecule has 0 amide bonds. The van der Waals surface area contributed by atoms with Crippen LogP contribution in [-0.4, -0.2) is 13.1 Å². The minimum atomic E-state index is 1.15. The van der Waals surface area contributed by atoms with Gasteiger partial charge in [0.05, 0.1) is 0 Å². The molecule has 0 aliphatic carbocycles. The lowest BCUT2D eigenvalue weighted by Crippen LogP contribution is -2.31. The Bertz CT molecular complexity index is 315. The number of nitrogens with zero attached hydrogens (tertiary/aromatic N) is 1. The summed E-state index contributed by atoms with van der Waals surface area (Å²) >= 11 is 0. The Hall–Kier alpha value is -0.980. The number of anilines is 1. The molecule has 1 heterocycles. The summed E-state index contributed by atoms with van der Waals surface area (Å²) in [7, 11) is 0. The third-order valence-electron chi connectivity index (χ3n) is 3.64. The van der Waals surface area contributed by atoms with Crippen molar-refractivity contribution in [2.75, 3.05) is 18.0 Å². The van der Waals surface area contributed by atoms with Crippen LogP contribution in [0.15, 0.2) is 18.2 Å². The van der Waals surface area contributed by atoms with Gasteiger partial charge in [0, 0.05) is 18.8 Å². The Labute approximate surface area is 99.5 Å². The Kier molecular flexibility index (Phi) is 3.87. The van der Waals surface area contributed by atoms with Crippen molar-refractivity contribution >= 4 is 5.69 Å². The van der Waals surface area contributed by atoms with Gasteiger partial charge in [-0.15, -0.1) is 0 Å². The molecule has 0 unspecified atom stereocenters. The smallest absolute Gasteiger partial charge is 0.0431 e. The molecule has 0 N–H and O–H groups in total. The van der Waals surface area contributed by atoms with Crippen LogP contribution in [0, 0.1) is 0 Å². The predicted molar refractivity (Wildman–Crippen MR) is 71.3 cm³/mol. The lowest BCUT2D eigenvalue weighted by molar-refractivity contribution is 0.575. The molecule has 1 nitrogen and oxygen atoms in total. The molecule has 16 heavy (non-hydrogen) atoms. The fraction of sp³-hybridized carbons (Fsp3) is 0.600. The van der Waals surface area contributed by atoms with Gasteiger partial charge in [0.2, 0.25) is 0 Å². The maximum atomic E-state index is 2.61. The first kappa shape index (κ1) is 11.5. The molecule has 1 heteroatoms. The highest BCUT2D eigenvalue weighted by Crippen LogP contribution is 2.29. The first-order valence-electron chi connectivity index (χ1n) is 6.72. The van der Waals surface area contributed by atoms with Crippen LogP contribution in [-0.2, 0) is 12.8 Å². The van der Waals surface area contributed by atoms with Crippen molar-refractivity contribution in [3.8, 4) is 0 Å². The second-order valence-electron chi connectivity index (χ2n) is 4.68. The second kappa shape index (κ2) is 5.38. The van der Waals surface area contributed by atoms with Gasteiger partial charge in [-0.1, -0.05) is 32.0 Å². The van der Waals surface area contributed by atoms with Crippen LogP contribution in [0.3, 0.4) is 0 Å². The molecular weight excluding hydrogens is 194 g/mol. The molecule has 1 aliphatic rings. The highest BCUT2D eigenvalue weighted by Gasteiger charge is 2.16. The molecule has 0 atom stereocenters. The van der Waals surface area contributed by atoms with Gasteiger partial charge in [0.15, 0.2) is 0 Å². The van der Waals surface area contributed by atoms with Gasteiger partial charge >= 0.3 is 0 Å². The fourth-order valence-electron chi connectivity index (χ4n) is 2.74. The molecule has 1 aromatic rings. The van der Waals surface area contributed by atoms with E-state index in [0.717, 1.165) is 12.8 Å². The molecule has 0 saturated carbocycles. The van der Waals surface area contributed by atoms with Gasteiger partial charge in [-0.2, -0.15) is 0 Å². The highest BCUT2D eigenvalue weighted by atomic mass is 15.1. The molecule has 1 fully saturated rings. The summed E-state index contributed by atoms with van der Waals surface area (Å²) in [6.07, 6.45) is 6.44. The van der Waals surface area contributed by atoms with Crippen LogP contribution in [0.25, 0.3) is 0 Å². The van der Waals surface area contributed by atoms with Crippen molar-refractivity contribution in [2.45, 2.75) is 46.0 Å². The van der Waals surface area contributed by atoms with Gasteiger partial charge in [0.25, 0.3) is 0 Å². The maximum Gasteiger partial charge on any atom is 0.0431 e. The van der Waals surface area contributed by atoms with Gasteiger partial charge in [-0.05, 0) is 43.2 Å². The molecule has 0 aromatic heterocycles. The second-order valence-corrected chi connectivity index (χ2v) is 4.68. The number of rotatable bonds is 3. The lowest BCUT2D eigenvalue weighted by Gasteiger charge is -2.32. The maximum absolute atomic E-state index is 2.61. The van der Waals surface area contributed by atoms with Crippen LogP contribution in [0.5, 0.6) is 0 Å². The van der Waals surface area contributed by atoms with E-state index in [0.29, 0.717) is 0 Å². The summed E-state index contributed by atoms with van der Waals surface area (Å²) in [5.41, 5.74) is 4.61.